The summed E-state index contributed by atoms with van der Waals surface area (Å²) < 4.78 is 24.9. The van der Waals surface area contributed by atoms with Gasteiger partial charge in [0.1, 0.15) is 11.5 Å². The van der Waals surface area contributed by atoms with E-state index in [-0.39, 0.29) is 5.69 Å². The van der Waals surface area contributed by atoms with Gasteiger partial charge in [0.05, 0.1) is 10.1 Å². The van der Waals surface area contributed by atoms with Crippen molar-refractivity contribution < 1.29 is 8.78 Å². The number of rotatable bonds is 1. The lowest BCUT2D eigenvalue weighted by Crippen LogP contribution is -1.98. The minimum absolute atomic E-state index is 0.00130. The molecule has 1 aromatic rings. The number of hydrogen-bond acceptors (Lipinski definition) is 3. The first-order chi connectivity index (χ1) is 6.97. The van der Waals surface area contributed by atoms with E-state index in [0.29, 0.717) is 4.99 Å². The average molecular weight is 246 g/mol. The van der Waals surface area contributed by atoms with Crippen LogP contribution in [0.3, 0.4) is 0 Å². The highest BCUT2D eigenvalue weighted by Crippen LogP contribution is 2.17. The first kappa shape index (κ1) is 13.8. The fourth-order valence-corrected chi connectivity index (χ4v) is 0.719. The lowest BCUT2D eigenvalue weighted by molar-refractivity contribution is 0.585. The molecular formula is C9H8F2N2S2. The molecule has 80 valence electrons. The Labute approximate surface area is 96.8 Å². The summed E-state index contributed by atoms with van der Waals surface area (Å²) in [6.07, 6.45) is 0. The fourth-order valence-electron chi connectivity index (χ4n) is 0.621. The van der Waals surface area contributed by atoms with Crippen molar-refractivity contribution >= 4 is 40.3 Å². The topological polar surface area (TPSA) is 38.4 Å². The van der Waals surface area contributed by atoms with Gasteiger partial charge in [0.25, 0.3) is 0 Å². The summed E-state index contributed by atoms with van der Waals surface area (Å²) in [6.45, 7) is 1.68. The van der Waals surface area contributed by atoms with Crippen LogP contribution in [-0.4, -0.2) is 10.1 Å². The number of aliphatic imine (C=N–C) groups is 1. The predicted molar refractivity (Wildman–Crippen MR) is 63.5 cm³/mol. The molecule has 1 aromatic carbocycles. The number of hydrogen-bond donors (Lipinski definition) is 1. The van der Waals surface area contributed by atoms with Crippen molar-refractivity contribution in [1.29, 1.82) is 0 Å². The quantitative estimate of drug-likeness (QED) is 0.611. The first-order valence-electron chi connectivity index (χ1n) is 3.76. The van der Waals surface area contributed by atoms with Gasteiger partial charge in [-0.3, -0.25) is 0 Å². The highest BCUT2D eigenvalue weighted by atomic mass is 32.1. The maximum absolute atomic E-state index is 12.6. The molecule has 15 heavy (non-hydrogen) atoms. The lowest BCUT2D eigenvalue weighted by atomic mass is 10.3. The maximum Gasteiger partial charge on any atom is 0.152 e. The van der Waals surface area contributed by atoms with Crippen LogP contribution < -0.4 is 5.73 Å². The van der Waals surface area contributed by atoms with E-state index in [2.05, 4.69) is 29.4 Å². The predicted octanol–water partition coefficient (Wildman–Crippen LogP) is 2.99. The van der Waals surface area contributed by atoms with Gasteiger partial charge in [0.15, 0.2) is 5.82 Å². The third kappa shape index (κ3) is 6.79. The van der Waals surface area contributed by atoms with Crippen molar-refractivity contribution in [2.24, 2.45) is 10.7 Å². The molecule has 0 spiro atoms. The standard InChI is InChI=1S/C7H3F2NS.C2H5NS/c8-5-1-2-7(10-4-11)6(9)3-5;1-2(3)4/h1-3H;1H3,(H2,3,4). The molecular weight excluding hydrogens is 238 g/mol. The average Bonchev–Trinajstić information content (AvgIpc) is 2.09. The summed E-state index contributed by atoms with van der Waals surface area (Å²) in [5.74, 6) is -1.37. The van der Waals surface area contributed by atoms with Gasteiger partial charge >= 0.3 is 0 Å². The van der Waals surface area contributed by atoms with E-state index in [1.807, 2.05) is 5.16 Å². The van der Waals surface area contributed by atoms with Gasteiger partial charge < -0.3 is 5.73 Å². The molecule has 0 saturated carbocycles. The van der Waals surface area contributed by atoms with Gasteiger partial charge in [-0.25, -0.2) is 8.78 Å². The Morgan fingerprint density at radius 1 is 1.47 bits per heavy atom. The van der Waals surface area contributed by atoms with E-state index in [0.717, 1.165) is 12.1 Å². The number of nitrogens with zero attached hydrogens (tertiary/aromatic N) is 1. The minimum atomic E-state index is -0.734. The smallest absolute Gasteiger partial charge is 0.152 e. The largest absolute Gasteiger partial charge is 0.394 e. The van der Waals surface area contributed by atoms with E-state index in [9.17, 15) is 8.78 Å². The molecule has 0 bridgehead atoms. The van der Waals surface area contributed by atoms with Crippen molar-refractivity contribution in [3.63, 3.8) is 0 Å². The highest BCUT2D eigenvalue weighted by molar-refractivity contribution is 7.80. The summed E-state index contributed by atoms with van der Waals surface area (Å²) in [6, 6.07) is 3.05. The molecule has 0 saturated heterocycles. The molecule has 2 N–H and O–H groups in total. The van der Waals surface area contributed by atoms with Crippen LogP contribution in [0.4, 0.5) is 14.5 Å². The van der Waals surface area contributed by atoms with Gasteiger partial charge in [0.2, 0.25) is 0 Å². The third-order valence-electron chi connectivity index (χ3n) is 1.08. The Kier molecular flexibility index (Phi) is 6.53. The van der Waals surface area contributed by atoms with Crippen LogP contribution in [0.2, 0.25) is 0 Å². The Hall–Kier alpha value is -1.23. The third-order valence-corrected chi connectivity index (χ3v) is 1.17. The van der Waals surface area contributed by atoms with E-state index in [1.54, 1.807) is 6.92 Å². The van der Waals surface area contributed by atoms with Crippen LogP contribution in [0.1, 0.15) is 6.92 Å². The summed E-state index contributed by atoms with van der Waals surface area (Å²) >= 11 is 8.56. The molecule has 0 fully saturated rings. The van der Waals surface area contributed by atoms with E-state index >= 15 is 0 Å². The van der Waals surface area contributed by atoms with Gasteiger partial charge in [0, 0.05) is 6.07 Å². The molecule has 2 nitrogen and oxygen atoms in total. The second kappa shape index (κ2) is 7.11. The number of halogens is 2. The highest BCUT2D eigenvalue weighted by Gasteiger charge is 2.00. The lowest BCUT2D eigenvalue weighted by Gasteiger charge is -1.92. The van der Waals surface area contributed by atoms with Crippen molar-refractivity contribution in [2.45, 2.75) is 6.92 Å². The Balaban J connectivity index is 0.000000423. The molecule has 6 heteroatoms. The fraction of sp³-hybridized carbons (Fsp3) is 0.111. The van der Waals surface area contributed by atoms with Crippen LogP contribution in [-0.2, 0) is 0 Å². The van der Waals surface area contributed by atoms with E-state index < -0.39 is 11.6 Å². The van der Waals surface area contributed by atoms with Crippen molar-refractivity contribution in [3.8, 4) is 0 Å². The molecule has 0 heterocycles. The van der Waals surface area contributed by atoms with Gasteiger partial charge in [-0.1, -0.05) is 12.2 Å². The molecule has 1 rings (SSSR count). The molecule has 0 aliphatic rings. The van der Waals surface area contributed by atoms with E-state index in [1.165, 1.54) is 6.07 Å². The summed E-state index contributed by atoms with van der Waals surface area (Å²) in [5, 5.41) is 1.99. The van der Waals surface area contributed by atoms with Crippen LogP contribution in [0.5, 0.6) is 0 Å². The number of benzene rings is 1. The van der Waals surface area contributed by atoms with Gasteiger partial charge in [-0.15, -0.1) is 0 Å². The van der Waals surface area contributed by atoms with Crippen LogP contribution in [0, 0.1) is 11.6 Å². The second-order valence-corrected chi connectivity index (χ2v) is 3.24. The maximum atomic E-state index is 12.6. The zero-order valence-corrected chi connectivity index (χ0v) is 9.46. The zero-order chi connectivity index (χ0) is 11.8. The molecule has 0 aliphatic heterocycles. The number of nitrogens with two attached hydrogens (primary N) is 1. The van der Waals surface area contributed by atoms with Crippen LogP contribution >= 0.6 is 24.4 Å². The molecule has 0 aliphatic carbocycles. The Morgan fingerprint density at radius 2 is 2.00 bits per heavy atom. The summed E-state index contributed by atoms with van der Waals surface area (Å²) in [4.78, 5) is 3.87. The normalized spacial score (nSPS) is 8.20. The SMILES string of the molecule is CC(N)=S.Fc1ccc(N=C=S)c(F)c1. The summed E-state index contributed by atoms with van der Waals surface area (Å²) in [5.41, 5.74) is 4.84. The van der Waals surface area contributed by atoms with Crippen molar-refractivity contribution in [3.05, 3.63) is 29.8 Å². The van der Waals surface area contributed by atoms with Crippen LogP contribution in [0.15, 0.2) is 23.2 Å². The molecule has 0 radical (unpaired) electrons. The second-order valence-electron chi connectivity index (χ2n) is 2.41. The van der Waals surface area contributed by atoms with Gasteiger partial charge in [-0.2, -0.15) is 4.99 Å². The first-order valence-corrected chi connectivity index (χ1v) is 4.58. The van der Waals surface area contributed by atoms with Crippen LogP contribution in [0.25, 0.3) is 0 Å². The molecule has 0 aromatic heterocycles. The van der Waals surface area contributed by atoms with Gasteiger partial charge in [-0.05, 0) is 31.3 Å². The molecule has 0 amide bonds. The van der Waals surface area contributed by atoms with Crippen molar-refractivity contribution in [2.75, 3.05) is 0 Å². The zero-order valence-electron chi connectivity index (χ0n) is 7.83. The number of isothiocyanates is 1. The molecule has 0 unspecified atom stereocenters. The number of thiocarbonyl (C=S) groups is 2. The van der Waals surface area contributed by atoms with Crippen molar-refractivity contribution in [1.82, 2.24) is 0 Å². The monoisotopic (exact) mass is 246 g/mol. The molecule has 0 atom stereocenters. The Morgan fingerprint density at radius 3 is 2.40 bits per heavy atom. The van der Waals surface area contributed by atoms with E-state index in [4.69, 9.17) is 5.73 Å². The summed E-state index contributed by atoms with van der Waals surface area (Å²) in [7, 11) is 0. The minimum Gasteiger partial charge on any atom is -0.394 e. The Bertz CT molecular complexity index is 397.